The van der Waals surface area contributed by atoms with Crippen LogP contribution in [0.15, 0.2) is 46.9 Å². The summed E-state index contributed by atoms with van der Waals surface area (Å²) in [5.41, 5.74) is 3.04. The highest BCUT2D eigenvalue weighted by Gasteiger charge is 2.23. The molecule has 2 aromatic carbocycles. The van der Waals surface area contributed by atoms with Gasteiger partial charge in [0.05, 0.1) is 12.8 Å². The Labute approximate surface area is 151 Å². The molecule has 0 unspecified atom stereocenters. The first-order valence-corrected chi connectivity index (χ1v) is 8.82. The first-order valence-electron chi connectivity index (χ1n) is 8.03. The van der Waals surface area contributed by atoms with Gasteiger partial charge in [-0.05, 0) is 42.8 Å². The molecule has 0 aromatic heterocycles. The van der Waals surface area contributed by atoms with E-state index in [1.54, 1.807) is 7.11 Å². The lowest BCUT2D eigenvalue weighted by Crippen LogP contribution is -2.48. The predicted molar refractivity (Wildman–Crippen MR) is 100.0 cm³/mol. The molecule has 1 aliphatic heterocycles. The Kier molecular flexibility index (Phi) is 5.09. The number of hydrogen-bond acceptors (Lipinski definition) is 3. The van der Waals surface area contributed by atoms with Crippen molar-refractivity contribution < 1.29 is 9.53 Å². The standard InChI is InChI=1S/C19H21BrN2O2/c1-14-6-7-18(24-2)17(12-14)21-8-10-22(11-9-21)19(23)15-4-3-5-16(20)13-15/h3-7,12-13H,8-11H2,1-2H3. The van der Waals surface area contributed by atoms with Crippen LogP contribution >= 0.6 is 15.9 Å². The largest absolute Gasteiger partial charge is 0.495 e. The monoisotopic (exact) mass is 388 g/mol. The van der Waals surface area contributed by atoms with E-state index >= 15 is 0 Å². The molecule has 0 spiro atoms. The molecule has 1 fully saturated rings. The fraction of sp³-hybridized carbons (Fsp3) is 0.316. The summed E-state index contributed by atoms with van der Waals surface area (Å²) in [5, 5.41) is 0. The number of piperazine rings is 1. The average molecular weight is 389 g/mol. The van der Waals surface area contributed by atoms with E-state index < -0.39 is 0 Å². The Morgan fingerprint density at radius 2 is 1.83 bits per heavy atom. The number of hydrogen-bond donors (Lipinski definition) is 0. The maximum absolute atomic E-state index is 12.6. The summed E-state index contributed by atoms with van der Waals surface area (Å²) in [5.74, 6) is 0.972. The Hall–Kier alpha value is -2.01. The zero-order valence-corrected chi connectivity index (χ0v) is 15.5. The van der Waals surface area contributed by atoms with E-state index in [0.29, 0.717) is 13.1 Å². The number of nitrogens with zero attached hydrogens (tertiary/aromatic N) is 2. The second-order valence-corrected chi connectivity index (χ2v) is 6.88. The molecule has 0 bridgehead atoms. The van der Waals surface area contributed by atoms with Crippen LogP contribution in [0, 0.1) is 6.92 Å². The topological polar surface area (TPSA) is 32.8 Å². The number of anilines is 1. The Morgan fingerprint density at radius 1 is 1.08 bits per heavy atom. The number of methoxy groups -OCH3 is 1. The van der Waals surface area contributed by atoms with Gasteiger partial charge in [0.25, 0.3) is 5.91 Å². The Morgan fingerprint density at radius 3 is 2.50 bits per heavy atom. The molecule has 1 heterocycles. The maximum Gasteiger partial charge on any atom is 0.254 e. The molecule has 126 valence electrons. The quantitative estimate of drug-likeness (QED) is 0.802. The number of halogens is 1. The predicted octanol–water partition coefficient (Wildman–Crippen LogP) is 3.73. The van der Waals surface area contributed by atoms with Crippen molar-refractivity contribution in [3.05, 3.63) is 58.1 Å². The zero-order chi connectivity index (χ0) is 17.1. The molecule has 1 saturated heterocycles. The summed E-state index contributed by atoms with van der Waals surface area (Å²) in [6.45, 7) is 5.11. The summed E-state index contributed by atoms with van der Waals surface area (Å²) in [4.78, 5) is 16.8. The molecular formula is C19H21BrN2O2. The number of amides is 1. The van der Waals surface area contributed by atoms with Gasteiger partial charge in [0.1, 0.15) is 5.75 Å². The number of carbonyl (C=O) groups excluding carboxylic acids is 1. The normalized spacial score (nSPS) is 14.6. The first-order chi connectivity index (χ1) is 11.6. The average Bonchev–Trinajstić information content (AvgIpc) is 2.61. The van der Waals surface area contributed by atoms with Crippen LogP contribution in [0.1, 0.15) is 15.9 Å². The van der Waals surface area contributed by atoms with Crippen molar-refractivity contribution in [3.63, 3.8) is 0 Å². The summed E-state index contributed by atoms with van der Waals surface area (Å²) in [6, 6.07) is 13.8. The first kappa shape index (κ1) is 16.8. The zero-order valence-electron chi connectivity index (χ0n) is 14.0. The van der Waals surface area contributed by atoms with Crippen LogP contribution in [0.5, 0.6) is 5.75 Å². The van der Waals surface area contributed by atoms with Crippen molar-refractivity contribution in [2.24, 2.45) is 0 Å². The van der Waals surface area contributed by atoms with Crippen molar-refractivity contribution in [3.8, 4) is 5.75 Å². The number of carbonyl (C=O) groups is 1. The number of ether oxygens (including phenoxy) is 1. The Balaban J connectivity index is 1.70. The van der Waals surface area contributed by atoms with E-state index in [0.717, 1.165) is 34.6 Å². The molecule has 0 saturated carbocycles. The third kappa shape index (κ3) is 3.56. The molecule has 5 heteroatoms. The molecule has 0 atom stereocenters. The van der Waals surface area contributed by atoms with Gasteiger partial charge < -0.3 is 14.5 Å². The smallest absolute Gasteiger partial charge is 0.254 e. The van der Waals surface area contributed by atoms with Crippen LogP contribution in [0.4, 0.5) is 5.69 Å². The molecule has 0 N–H and O–H groups in total. The highest BCUT2D eigenvalue weighted by Crippen LogP contribution is 2.30. The summed E-state index contributed by atoms with van der Waals surface area (Å²) in [6.07, 6.45) is 0. The van der Waals surface area contributed by atoms with E-state index in [2.05, 4.69) is 39.9 Å². The highest BCUT2D eigenvalue weighted by molar-refractivity contribution is 9.10. The van der Waals surface area contributed by atoms with Crippen LogP contribution in [0.3, 0.4) is 0 Å². The van der Waals surface area contributed by atoms with Crippen LogP contribution in [-0.2, 0) is 0 Å². The third-order valence-corrected chi connectivity index (χ3v) is 4.81. The van der Waals surface area contributed by atoms with Crippen molar-refractivity contribution in [2.45, 2.75) is 6.92 Å². The van der Waals surface area contributed by atoms with Crippen molar-refractivity contribution >= 4 is 27.5 Å². The van der Waals surface area contributed by atoms with E-state index in [-0.39, 0.29) is 5.91 Å². The van der Waals surface area contributed by atoms with Gasteiger partial charge in [-0.1, -0.05) is 28.1 Å². The van der Waals surface area contributed by atoms with Gasteiger partial charge in [0, 0.05) is 36.2 Å². The molecule has 0 radical (unpaired) electrons. The summed E-state index contributed by atoms with van der Waals surface area (Å²) in [7, 11) is 1.70. The molecule has 0 aliphatic carbocycles. The lowest BCUT2D eigenvalue weighted by molar-refractivity contribution is 0.0746. The SMILES string of the molecule is COc1ccc(C)cc1N1CCN(C(=O)c2cccc(Br)c2)CC1. The minimum absolute atomic E-state index is 0.0900. The van der Waals surface area contributed by atoms with Crippen LogP contribution in [-0.4, -0.2) is 44.1 Å². The van der Waals surface area contributed by atoms with Gasteiger partial charge >= 0.3 is 0 Å². The maximum atomic E-state index is 12.6. The van der Waals surface area contributed by atoms with Gasteiger partial charge in [0.15, 0.2) is 0 Å². The molecule has 1 amide bonds. The second-order valence-electron chi connectivity index (χ2n) is 5.96. The molecule has 3 rings (SSSR count). The second kappa shape index (κ2) is 7.26. The third-order valence-electron chi connectivity index (χ3n) is 4.31. The molecular weight excluding hydrogens is 368 g/mol. The minimum atomic E-state index is 0.0900. The van der Waals surface area contributed by atoms with Crippen LogP contribution in [0.25, 0.3) is 0 Å². The Bertz CT molecular complexity index is 740. The molecule has 4 nitrogen and oxygen atoms in total. The van der Waals surface area contributed by atoms with Gasteiger partial charge in [0.2, 0.25) is 0 Å². The van der Waals surface area contributed by atoms with Gasteiger partial charge in [-0.15, -0.1) is 0 Å². The number of rotatable bonds is 3. The van der Waals surface area contributed by atoms with Gasteiger partial charge in [-0.2, -0.15) is 0 Å². The fourth-order valence-corrected chi connectivity index (χ4v) is 3.40. The van der Waals surface area contributed by atoms with Crippen LogP contribution < -0.4 is 9.64 Å². The fourth-order valence-electron chi connectivity index (χ4n) is 3.00. The van der Waals surface area contributed by atoms with Crippen LogP contribution in [0.2, 0.25) is 0 Å². The van der Waals surface area contributed by atoms with Gasteiger partial charge in [-0.25, -0.2) is 0 Å². The minimum Gasteiger partial charge on any atom is -0.495 e. The lowest BCUT2D eigenvalue weighted by atomic mass is 10.1. The van der Waals surface area contributed by atoms with Crippen molar-refractivity contribution in [2.75, 3.05) is 38.2 Å². The number of aryl methyl sites for hydroxylation is 1. The number of benzene rings is 2. The molecule has 2 aromatic rings. The molecule has 24 heavy (non-hydrogen) atoms. The van der Waals surface area contributed by atoms with Gasteiger partial charge in [-0.3, -0.25) is 4.79 Å². The highest BCUT2D eigenvalue weighted by atomic mass is 79.9. The van der Waals surface area contributed by atoms with E-state index in [1.807, 2.05) is 35.2 Å². The molecule has 1 aliphatic rings. The lowest BCUT2D eigenvalue weighted by Gasteiger charge is -2.36. The summed E-state index contributed by atoms with van der Waals surface area (Å²) < 4.78 is 6.41. The van der Waals surface area contributed by atoms with Crippen molar-refractivity contribution in [1.29, 1.82) is 0 Å². The van der Waals surface area contributed by atoms with E-state index in [1.165, 1.54) is 5.56 Å². The summed E-state index contributed by atoms with van der Waals surface area (Å²) >= 11 is 3.42. The van der Waals surface area contributed by atoms with E-state index in [9.17, 15) is 4.79 Å². The van der Waals surface area contributed by atoms with E-state index in [4.69, 9.17) is 4.74 Å². The van der Waals surface area contributed by atoms with Crippen molar-refractivity contribution in [1.82, 2.24) is 4.90 Å².